The van der Waals surface area contributed by atoms with E-state index in [1.165, 1.54) is 12.0 Å². The normalized spacial score (nSPS) is 22.4. The standard InChI is InChI=1S/C15H23BrN2O/c16-14-5-1-4-13(9-14)15(17)6-8-18-7-2-3-12(10-18)11-19/h1,4-5,9,12,15,19H,2-3,6-8,10-11,17H2. The van der Waals surface area contributed by atoms with Gasteiger partial charge in [-0.25, -0.2) is 0 Å². The van der Waals surface area contributed by atoms with Crippen LogP contribution in [0.25, 0.3) is 0 Å². The van der Waals surface area contributed by atoms with Crippen molar-refractivity contribution in [2.45, 2.75) is 25.3 Å². The summed E-state index contributed by atoms with van der Waals surface area (Å²) < 4.78 is 1.08. The fraction of sp³-hybridized carbons (Fsp3) is 0.600. The highest BCUT2D eigenvalue weighted by Crippen LogP contribution is 2.21. The Bertz CT molecular complexity index is 399. The van der Waals surface area contributed by atoms with Gasteiger partial charge in [0.1, 0.15) is 0 Å². The van der Waals surface area contributed by atoms with E-state index in [1.807, 2.05) is 12.1 Å². The third-order valence-corrected chi connectivity index (χ3v) is 4.39. The quantitative estimate of drug-likeness (QED) is 0.874. The lowest BCUT2D eigenvalue weighted by Gasteiger charge is -2.32. The highest BCUT2D eigenvalue weighted by atomic mass is 79.9. The van der Waals surface area contributed by atoms with Crippen LogP contribution in [0.2, 0.25) is 0 Å². The van der Waals surface area contributed by atoms with Crippen LogP contribution in [0.4, 0.5) is 0 Å². The predicted molar refractivity (Wildman–Crippen MR) is 81.9 cm³/mol. The molecule has 0 saturated carbocycles. The van der Waals surface area contributed by atoms with Gasteiger partial charge in [0, 0.05) is 23.7 Å². The number of aliphatic hydroxyl groups excluding tert-OH is 1. The van der Waals surface area contributed by atoms with E-state index < -0.39 is 0 Å². The number of likely N-dealkylation sites (tertiary alicyclic amines) is 1. The van der Waals surface area contributed by atoms with Gasteiger partial charge in [0.25, 0.3) is 0 Å². The molecular weight excluding hydrogens is 304 g/mol. The van der Waals surface area contributed by atoms with Crippen LogP contribution in [0.15, 0.2) is 28.7 Å². The summed E-state index contributed by atoms with van der Waals surface area (Å²) in [6.07, 6.45) is 3.32. The Morgan fingerprint density at radius 3 is 3.05 bits per heavy atom. The minimum absolute atomic E-state index is 0.0898. The molecule has 3 N–H and O–H groups in total. The van der Waals surface area contributed by atoms with Crippen LogP contribution < -0.4 is 5.73 Å². The summed E-state index contributed by atoms with van der Waals surface area (Å²) in [5.41, 5.74) is 7.44. The van der Waals surface area contributed by atoms with Crippen molar-refractivity contribution in [2.24, 2.45) is 11.7 Å². The molecular formula is C15H23BrN2O. The number of halogens is 1. The third kappa shape index (κ3) is 4.56. The molecule has 1 fully saturated rings. The van der Waals surface area contributed by atoms with Gasteiger partial charge in [0.2, 0.25) is 0 Å². The number of piperidine rings is 1. The first-order valence-corrected chi connectivity index (χ1v) is 7.82. The fourth-order valence-electron chi connectivity index (χ4n) is 2.73. The molecule has 0 spiro atoms. The van der Waals surface area contributed by atoms with Gasteiger partial charge in [-0.05, 0) is 56.0 Å². The number of hydrogen-bond acceptors (Lipinski definition) is 3. The van der Waals surface area contributed by atoms with Crippen LogP contribution in [-0.4, -0.2) is 36.2 Å². The second-order valence-corrected chi connectivity index (χ2v) is 6.36. The highest BCUT2D eigenvalue weighted by molar-refractivity contribution is 9.10. The molecule has 0 aromatic heterocycles. The summed E-state index contributed by atoms with van der Waals surface area (Å²) >= 11 is 3.48. The number of nitrogens with two attached hydrogens (primary N) is 1. The molecule has 3 nitrogen and oxygen atoms in total. The Balaban J connectivity index is 1.81. The molecule has 1 aliphatic heterocycles. The van der Waals surface area contributed by atoms with E-state index in [1.54, 1.807) is 0 Å². The molecule has 1 aromatic carbocycles. The molecule has 0 amide bonds. The number of benzene rings is 1. The van der Waals surface area contributed by atoms with Gasteiger partial charge < -0.3 is 15.7 Å². The Hall–Kier alpha value is -0.420. The highest BCUT2D eigenvalue weighted by Gasteiger charge is 2.19. The molecule has 0 aliphatic carbocycles. The van der Waals surface area contributed by atoms with Gasteiger partial charge in [-0.1, -0.05) is 28.1 Å². The molecule has 1 saturated heterocycles. The van der Waals surface area contributed by atoms with Crippen LogP contribution >= 0.6 is 15.9 Å². The van der Waals surface area contributed by atoms with E-state index in [-0.39, 0.29) is 6.04 Å². The second kappa shape index (κ2) is 7.39. The minimum Gasteiger partial charge on any atom is -0.396 e. The van der Waals surface area contributed by atoms with Gasteiger partial charge in [0.15, 0.2) is 0 Å². The van der Waals surface area contributed by atoms with Crippen molar-refractivity contribution < 1.29 is 5.11 Å². The van der Waals surface area contributed by atoms with Gasteiger partial charge in [-0.2, -0.15) is 0 Å². The predicted octanol–water partition coefficient (Wildman–Crippen LogP) is 2.54. The Labute approximate surface area is 123 Å². The molecule has 1 aromatic rings. The largest absolute Gasteiger partial charge is 0.396 e. The maximum atomic E-state index is 9.24. The topological polar surface area (TPSA) is 49.5 Å². The summed E-state index contributed by atoms with van der Waals surface area (Å²) in [6.45, 7) is 3.49. The summed E-state index contributed by atoms with van der Waals surface area (Å²) in [4.78, 5) is 2.43. The number of hydrogen-bond donors (Lipinski definition) is 2. The Kier molecular flexibility index (Phi) is 5.82. The molecule has 106 valence electrons. The number of aliphatic hydroxyl groups is 1. The van der Waals surface area contributed by atoms with Gasteiger partial charge >= 0.3 is 0 Å². The first kappa shape index (κ1) is 15.0. The van der Waals surface area contributed by atoms with Crippen LogP contribution in [0.1, 0.15) is 30.9 Å². The van der Waals surface area contributed by atoms with Crippen molar-refractivity contribution in [3.63, 3.8) is 0 Å². The maximum Gasteiger partial charge on any atom is 0.0471 e. The van der Waals surface area contributed by atoms with Crippen LogP contribution in [0, 0.1) is 5.92 Å². The second-order valence-electron chi connectivity index (χ2n) is 5.44. The van der Waals surface area contributed by atoms with Crippen molar-refractivity contribution in [1.29, 1.82) is 0 Å². The number of rotatable bonds is 5. The summed E-state index contributed by atoms with van der Waals surface area (Å²) in [5, 5.41) is 9.24. The fourth-order valence-corrected chi connectivity index (χ4v) is 3.15. The molecule has 2 unspecified atom stereocenters. The molecule has 2 atom stereocenters. The van der Waals surface area contributed by atoms with E-state index in [4.69, 9.17) is 5.73 Å². The zero-order valence-electron chi connectivity index (χ0n) is 11.3. The lowest BCUT2D eigenvalue weighted by Crippen LogP contribution is -2.38. The monoisotopic (exact) mass is 326 g/mol. The van der Waals surface area contributed by atoms with Crippen molar-refractivity contribution in [3.05, 3.63) is 34.3 Å². The smallest absolute Gasteiger partial charge is 0.0471 e. The molecule has 2 rings (SSSR count). The first-order valence-electron chi connectivity index (χ1n) is 7.03. The first-order chi connectivity index (χ1) is 9.19. The van der Waals surface area contributed by atoms with Crippen LogP contribution in [-0.2, 0) is 0 Å². The third-order valence-electron chi connectivity index (χ3n) is 3.89. The van der Waals surface area contributed by atoms with Crippen molar-refractivity contribution in [2.75, 3.05) is 26.2 Å². The molecule has 4 heteroatoms. The molecule has 1 aliphatic rings. The Morgan fingerprint density at radius 1 is 1.47 bits per heavy atom. The zero-order valence-corrected chi connectivity index (χ0v) is 12.8. The number of nitrogens with zero attached hydrogens (tertiary/aromatic N) is 1. The average molecular weight is 327 g/mol. The minimum atomic E-state index is 0.0898. The van der Waals surface area contributed by atoms with Crippen LogP contribution in [0.3, 0.4) is 0 Å². The summed E-state index contributed by atoms with van der Waals surface area (Å²) in [6, 6.07) is 8.32. The Morgan fingerprint density at radius 2 is 2.32 bits per heavy atom. The van der Waals surface area contributed by atoms with E-state index >= 15 is 0 Å². The van der Waals surface area contributed by atoms with E-state index in [2.05, 4.69) is 33.0 Å². The zero-order chi connectivity index (χ0) is 13.7. The van der Waals surface area contributed by atoms with Crippen molar-refractivity contribution in [1.82, 2.24) is 4.90 Å². The van der Waals surface area contributed by atoms with E-state index in [0.29, 0.717) is 12.5 Å². The SMILES string of the molecule is NC(CCN1CCCC(CO)C1)c1cccc(Br)c1. The molecule has 19 heavy (non-hydrogen) atoms. The van der Waals surface area contributed by atoms with E-state index in [9.17, 15) is 5.11 Å². The summed E-state index contributed by atoms with van der Waals surface area (Å²) in [5.74, 6) is 0.454. The lowest BCUT2D eigenvalue weighted by molar-refractivity contribution is 0.118. The average Bonchev–Trinajstić information content (AvgIpc) is 2.45. The van der Waals surface area contributed by atoms with Gasteiger partial charge in [0.05, 0.1) is 0 Å². The molecule has 0 radical (unpaired) electrons. The lowest BCUT2D eigenvalue weighted by atomic mass is 9.98. The molecule has 0 bridgehead atoms. The van der Waals surface area contributed by atoms with Gasteiger partial charge in [-0.15, -0.1) is 0 Å². The summed E-state index contributed by atoms with van der Waals surface area (Å²) in [7, 11) is 0. The molecule has 1 heterocycles. The van der Waals surface area contributed by atoms with E-state index in [0.717, 1.165) is 36.9 Å². The van der Waals surface area contributed by atoms with Gasteiger partial charge in [-0.3, -0.25) is 0 Å². The van der Waals surface area contributed by atoms with Crippen molar-refractivity contribution in [3.8, 4) is 0 Å². The van der Waals surface area contributed by atoms with Crippen LogP contribution in [0.5, 0.6) is 0 Å². The maximum absolute atomic E-state index is 9.24. The van der Waals surface area contributed by atoms with Crippen molar-refractivity contribution >= 4 is 15.9 Å².